The van der Waals surface area contributed by atoms with Crippen LogP contribution < -0.4 is 10.3 Å². The van der Waals surface area contributed by atoms with E-state index >= 15 is 0 Å². The SMILES string of the molecule is O=c1ccc(C2CC2)nn1CCNS(=O)(=O)c1cccc2cccnc12. The maximum atomic E-state index is 12.6. The second kappa shape index (κ2) is 6.62. The van der Waals surface area contributed by atoms with Crippen LogP contribution in [-0.4, -0.2) is 29.7 Å². The number of fused-ring (bicyclic) bond motifs is 1. The first kappa shape index (κ1) is 16.9. The number of rotatable bonds is 6. The molecule has 3 aromatic rings. The Kier molecular flexibility index (Phi) is 4.29. The first-order valence-electron chi connectivity index (χ1n) is 8.46. The van der Waals surface area contributed by atoms with Crippen molar-refractivity contribution in [3.63, 3.8) is 0 Å². The second-order valence-electron chi connectivity index (χ2n) is 6.32. The molecule has 134 valence electrons. The van der Waals surface area contributed by atoms with Gasteiger partial charge in [0.1, 0.15) is 4.90 Å². The van der Waals surface area contributed by atoms with E-state index in [1.165, 1.54) is 16.8 Å². The summed E-state index contributed by atoms with van der Waals surface area (Å²) in [6, 6.07) is 11.8. The van der Waals surface area contributed by atoms with Crippen LogP contribution in [0, 0.1) is 0 Å². The number of nitrogens with one attached hydrogen (secondary N) is 1. The topological polar surface area (TPSA) is 94.0 Å². The summed E-state index contributed by atoms with van der Waals surface area (Å²) < 4.78 is 29.2. The van der Waals surface area contributed by atoms with E-state index in [1.54, 1.807) is 24.4 Å². The Hall–Kier alpha value is -2.58. The molecule has 0 atom stereocenters. The molecular weight excluding hydrogens is 352 g/mol. The molecule has 1 aliphatic rings. The predicted octanol–water partition coefficient (Wildman–Crippen LogP) is 1.65. The summed E-state index contributed by atoms with van der Waals surface area (Å²) in [4.78, 5) is 16.2. The molecule has 0 spiro atoms. The monoisotopic (exact) mass is 370 g/mol. The molecule has 2 heterocycles. The lowest BCUT2D eigenvalue weighted by Crippen LogP contribution is -2.32. The normalized spacial score (nSPS) is 14.6. The molecule has 0 radical (unpaired) electrons. The highest BCUT2D eigenvalue weighted by Gasteiger charge is 2.25. The van der Waals surface area contributed by atoms with Crippen molar-refractivity contribution in [2.45, 2.75) is 30.2 Å². The smallest absolute Gasteiger partial charge is 0.266 e. The molecule has 4 rings (SSSR count). The van der Waals surface area contributed by atoms with E-state index in [2.05, 4.69) is 14.8 Å². The molecule has 26 heavy (non-hydrogen) atoms. The van der Waals surface area contributed by atoms with Crippen molar-refractivity contribution in [3.05, 3.63) is 64.7 Å². The minimum atomic E-state index is -3.74. The van der Waals surface area contributed by atoms with Gasteiger partial charge >= 0.3 is 0 Å². The number of pyridine rings is 1. The summed E-state index contributed by atoms with van der Waals surface area (Å²) in [5.74, 6) is 0.431. The van der Waals surface area contributed by atoms with Crippen molar-refractivity contribution in [1.82, 2.24) is 19.5 Å². The van der Waals surface area contributed by atoms with Gasteiger partial charge in [0, 0.05) is 30.1 Å². The minimum Gasteiger partial charge on any atom is -0.268 e. The van der Waals surface area contributed by atoms with Crippen LogP contribution in [0.4, 0.5) is 0 Å². The third-order valence-electron chi connectivity index (χ3n) is 4.38. The molecule has 1 fully saturated rings. The number of para-hydroxylation sites is 1. The van der Waals surface area contributed by atoms with Crippen LogP contribution in [0.1, 0.15) is 24.5 Å². The lowest BCUT2D eigenvalue weighted by Gasteiger charge is -2.10. The van der Waals surface area contributed by atoms with E-state index < -0.39 is 10.0 Å². The van der Waals surface area contributed by atoms with Gasteiger partial charge in [-0.15, -0.1) is 0 Å². The van der Waals surface area contributed by atoms with Crippen LogP contribution in [0.3, 0.4) is 0 Å². The van der Waals surface area contributed by atoms with E-state index in [1.807, 2.05) is 12.1 Å². The van der Waals surface area contributed by atoms with Crippen LogP contribution in [0.2, 0.25) is 0 Å². The molecule has 2 aromatic heterocycles. The highest BCUT2D eigenvalue weighted by molar-refractivity contribution is 7.89. The lowest BCUT2D eigenvalue weighted by atomic mass is 10.2. The number of sulfonamides is 1. The molecule has 0 aliphatic heterocycles. The first-order valence-corrected chi connectivity index (χ1v) is 9.94. The van der Waals surface area contributed by atoms with Gasteiger partial charge in [0.15, 0.2) is 0 Å². The van der Waals surface area contributed by atoms with Crippen molar-refractivity contribution in [2.75, 3.05) is 6.54 Å². The van der Waals surface area contributed by atoms with Crippen LogP contribution in [0.25, 0.3) is 10.9 Å². The van der Waals surface area contributed by atoms with Gasteiger partial charge in [-0.1, -0.05) is 18.2 Å². The van der Waals surface area contributed by atoms with Gasteiger partial charge in [-0.05, 0) is 31.0 Å². The van der Waals surface area contributed by atoms with Crippen LogP contribution >= 0.6 is 0 Å². The number of benzene rings is 1. The molecule has 7 nitrogen and oxygen atoms in total. The fraction of sp³-hybridized carbons (Fsp3) is 0.278. The van der Waals surface area contributed by atoms with Gasteiger partial charge in [0.05, 0.1) is 17.8 Å². The number of hydrogen-bond acceptors (Lipinski definition) is 5. The molecule has 1 aromatic carbocycles. The highest BCUT2D eigenvalue weighted by atomic mass is 32.2. The second-order valence-corrected chi connectivity index (χ2v) is 8.06. The zero-order valence-corrected chi connectivity index (χ0v) is 14.8. The fourth-order valence-electron chi connectivity index (χ4n) is 2.88. The molecule has 0 saturated heterocycles. The molecule has 1 aliphatic carbocycles. The maximum Gasteiger partial charge on any atom is 0.266 e. The Morgan fingerprint density at radius 1 is 1.12 bits per heavy atom. The zero-order valence-electron chi connectivity index (χ0n) is 14.0. The Morgan fingerprint density at radius 2 is 1.92 bits per heavy atom. The molecular formula is C18H18N4O3S. The summed E-state index contributed by atoms with van der Waals surface area (Å²) in [5.41, 5.74) is 1.08. The molecule has 0 amide bonds. The van der Waals surface area contributed by atoms with Gasteiger partial charge in [0.2, 0.25) is 10.0 Å². The minimum absolute atomic E-state index is 0.0760. The van der Waals surface area contributed by atoms with Gasteiger partial charge < -0.3 is 0 Å². The standard InChI is InChI=1S/C18H18N4O3S/c23-17-9-8-15(13-6-7-13)21-22(17)12-11-20-26(24,25)16-5-1-3-14-4-2-10-19-18(14)16/h1-5,8-10,13,20H,6-7,11-12H2. The zero-order chi connectivity index (χ0) is 18.1. The van der Waals surface area contributed by atoms with Crippen molar-refractivity contribution in [2.24, 2.45) is 0 Å². The van der Waals surface area contributed by atoms with E-state index in [0.29, 0.717) is 11.4 Å². The largest absolute Gasteiger partial charge is 0.268 e. The highest BCUT2D eigenvalue weighted by Crippen LogP contribution is 2.38. The number of nitrogens with zero attached hydrogens (tertiary/aromatic N) is 3. The van der Waals surface area contributed by atoms with Crippen molar-refractivity contribution >= 4 is 20.9 Å². The van der Waals surface area contributed by atoms with E-state index in [-0.39, 0.29) is 23.5 Å². The summed E-state index contributed by atoms with van der Waals surface area (Å²) in [6.07, 6.45) is 3.74. The summed E-state index contributed by atoms with van der Waals surface area (Å²) >= 11 is 0. The summed E-state index contributed by atoms with van der Waals surface area (Å²) in [7, 11) is -3.74. The average molecular weight is 370 g/mol. The third-order valence-corrected chi connectivity index (χ3v) is 5.88. The number of hydrogen-bond donors (Lipinski definition) is 1. The predicted molar refractivity (Wildman–Crippen MR) is 97.4 cm³/mol. The van der Waals surface area contributed by atoms with Gasteiger partial charge in [-0.3, -0.25) is 9.78 Å². The summed E-state index contributed by atoms with van der Waals surface area (Å²) in [5, 5.41) is 5.09. The third kappa shape index (κ3) is 3.38. The quantitative estimate of drug-likeness (QED) is 0.712. The van der Waals surface area contributed by atoms with Crippen LogP contribution in [-0.2, 0) is 16.6 Å². The van der Waals surface area contributed by atoms with E-state index in [9.17, 15) is 13.2 Å². The molecule has 1 saturated carbocycles. The first-order chi connectivity index (χ1) is 12.5. The van der Waals surface area contributed by atoms with Crippen molar-refractivity contribution in [1.29, 1.82) is 0 Å². The Bertz CT molecular complexity index is 1120. The Labute approximate surface area is 150 Å². The summed E-state index contributed by atoms with van der Waals surface area (Å²) in [6.45, 7) is 0.253. The van der Waals surface area contributed by atoms with Gasteiger partial charge in [0.25, 0.3) is 5.56 Å². The average Bonchev–Trinajstić information content (AvgIpc) is 3.48. The fourth-order valence-corrected chi connectivity index (χ4v) is 4.08. The van der Waals surface area contributed by atoms with Gasteiger partial charge in [-0.25, -0.2) is 17.8 Å². The van der Waals surface area contributed by atoms with Crippen LogP contribution in [0.5, 0.6) is 0 Å². The molecule has 0 bridgehead atoms. The molecule has 0 unspecified atom stereocenters. The maximum absolute atomic E-state index is 12.6. The lowest BCUT2D eigenvalue weighted by molar-refractivity contribution is 0.541. The molecule has 8 heteroatoms. The number of aromatic nitrogens is 3. The van der Waals surface area contributed by atoms with Crippen molar-refractivity contribution < 1.29 is 8.42 Å². The van der Waals surface area contributed by atoms with E-state index in [4.69, 9.17) is 0 Å². The van der Waals surface area contributed by atoms with Gasteiger partial charge in [-0.2, -0.15) is 5.10 Å². The van der Waals surface area contributed by atoms with Crippen molar-refractivity contribution in [3.8, 4) is 0 Å². The Morgan fingerprint density at radius 3 is 2.73 bits per heavy atom. The van der Waals surface area contributed by atoms with Crippen LogP contribution in [0.15, 0.2) is 58.4 Å². The Balaban J connectivity index is 1.52. The molecule has 1 N–H and O–H groups in total. The van der Waals surface area contributed by atoms with E-state index in [0.717, 1.165) is 23.9 Å².